The van der Waals surface area contributed by atoms with Crippen LogP contribution in [0, 0.1) is 28.6 Å². The molecule has 0 bridgehead atoms. The van der Waals surface area contributed by atoms with Crippen LogP contribution in [-0.4, -0.2) is 62.5 Å². The van der Waals surface area contributed by atoms with Crippen molar-refractivity contribution in [1.29, 1.82) is 10.5 Å². The first-order chi connectivity index (χ1) is 21.9. The Labute approximate surface area is 266 Å². The van der Waals surface area contributed by atoms with Gasteiger partial charge in [0.2, 0.25) is 0 Å². The van der Waals surface area contributed by atoms with E-state index in [-0.39, 0.29) is 12.0 Å². The molecule has 45 heavy (non-hydrogen) atoms. The standard InChI is InChI=1S/C33H38N10OS/c1-19(24-9-6-13-41(24)2)43-32-23(17-37-43)31(42-14-5-7-20(15-34)18-42)38-30(39-32)27-21-8-3-11-33(28(21)44-40-27)12-4-10-25-26(33)22(16-35)29(36)45-25/h17,19-20,24H,3-14,18,36H2,1-2H3/t19-,20+,24-,33-/m0/s1. The first-order valence-electron chi connectivity index (χ1n) is 16.3. The van der Waals surface area contributed by atoms with Gasteiger partial charge in [0, 0.05) is 29.6 Å². The van der Waals surface area contributed by atoms with Crippen LogP contribution in [0.3, 0.4) is 0 Å². The molecule has 0 aromatic carbocycles. The number of nitrogens with two attached hydrogens (primary N) is 1. The summed E-state index contributed by atoms with van der Waals surface area (Å²) in [7, 11) is 2.19. The molecular weight excluding hydrogens is 584 g/mol. The van der Waals surface area contributed by atoms with E-state index in [1.165, 1.54) is 11.3 Å². The van der Waals surface area contributed by atoms with Gasteiger partial charge in [-0.15, -0.1) is 11.3 Å². The molecule has 4 aromatic rings. The van der Waals surface area contributed by atoms with Crippen molar-refractivity contribution in [2.24, 2.45) is 5.92 Å². The predicted octanol–water partition coefficient (Wildman–Crippen LogP) is 5.35. The smallest absolute Gasteiger partial charge is 0.186 e. The molecule has 2 aliphatic carbocycles. The van der Waals surface area contributed by atoms with Crippen LogP contribution >= 0.6 is 11.3 Å². The summed E-state index contributed by atoms with van der Waals surface area (Å²) in [4.78, 5) is 16.2. The fourth-order valence-corrected chi connectivity index (χ4v) is 9.92. The van der Waals surface area contributed by atoms with Gasteiger partial charge in [0.25, 0.3) is 0 Å². The number of hydrogen-bond acceptors (Lipinski definition) is 11. The minimum atomic E-state index is -0.408. The van der Waals surface area contributed by atoms with Crippen LogP contribution in [0.25, 0.3) is 22.6 Å². The van der Waals surface area contributed by atoms with E-state index in [1.807, 2.05) is 6.20 Å². The zero-order valence-corrected chi connectivity index (χ0v) is 26.7. The number of nitriles is 2. The maximum absolute atomic E-state index is 10.1. The van der Waals surface area contributed by atoms with Gasteiger partial charge in [-0.05, 0) is 90.3 Å². The maximum Gasteiger partial charge on any atom is 0.186 e. The van der Waals surface area contributed by atoms with Crippen molar-refractivity contribution >= 4 is 33.2 Å². The van der Waals surface area contributed by atoms with Crippen LogP contribution in [-0.2, 0) is 18.3 Å². The summed E-state index contributed by atoms with van der Waals surface area (Å²) < 4.78 is 8.39. The Balaban J connectivity index is 1.29. The Hall–Kier alpha value is -4.00. The lowest BCUT2D eigenvalue weighted by Gasteiger charge is -2.39. The van der Waals surface area contributed by atoms with Crippen molar-refractivity contribution in [1.82, 2.24) is 29.8 Å². The second-order valence-corrected chi connectivity index (χ2v) is 14.6. The van der Waals surface area contributed by atoms with Crippen LogP contribution in [0.4, 0.5) is 10.8 Å². The predicted molar refractivity (Wildman–Crippen MR) is 172 cm³/mol. The molecule has 4 aromatic heterocycles. The lowest BCUT2D eigenvalue weighted by molar-refractivity contribution is 0.232. The Morgan fingerprint density at radius 3 is 2.71 bits per heavy atom. The Morgan fingerprint density at radius 2 is 1.93 bits per heavy atom. The molecule has 4 aliphatic rings. The number of aryl methyl sites for hydroxylation is 1. The van der Waals surface area contributed by atoms with Crippen molar-refractivity contribution in [2.75, 3.05) is 37.3 Å². The van der Waals surface area contributed by atoms with Gasteiger partial charge in [-0.1, -0.05) is 5.16 Å². The van der Waals surface area contributed by atoms with Crippen LogP contribution in [0.1, 0.15) is 91.7 Å². The summed E-state index contributed by atoms with van der Waals surface area (Å²) in [5.74, 6) is 2.16. The van der Waals surface area contributed by atoms with Crippen molar-refractivity contribution in [3.8, 4) is 23.7 Å². The van der Waals surface area contributed by atoms with E-state index in [2.05, 4.69) is 40.6 Å². The van der Waals surface area contributed by atoms with E-state index in [0.717, 1.165) is 105 Å². The fourth-order valence-electron chi connectivity index (χ4n) is 8.76. The number of rotatable bonds is 4. The largest absolute Gasteiger partial charge is 0.389 e. The SMILES string of the molecule is C[C@@H]([C@@H]1CCCN1C)n1ncc2c(N3CCC[C@H](C#N)C3)nc(-c3noc4c3CCC[C@@]43CCCc4sc(N)c(C#N)c43)nc21. The minimum Gasteiger partial charge on any atom is -0.389 e. The monoisotopic (exact) mass is 622 g/mol. The first-order valence-corrected chi connectivity index (χ1v) is 17.2. The molecule has 0 saturated carbocycles. The minimum absolute atomic E-state index is 0.0409. The van der Waals surface area contributed by atoms with Crippen LogP contribution < -0.4 is 10.6 Å². The Morgan fingerprint density at radius 1 is 1.11 bits per heavy atom. The molecule has 0 amide bonds. The highest BCUT2D eigenvalue weighted by Gasteiger charge is 2.49. The molecule has 2 fully saturated rings. The molecule has 0 unspecified atom stereocenters. The number of likely N-dealkylation sites (N-methyl/N-ethyl adjacent to an activating group) is 1. The highest BCUT2D eigenvalue weighted by atomic mass is 32.1. The average molecular weight is 623 g/mol. The third-order valence-corrected chi connectivity index (χ3v) is 12.0. The van der Waals surface area contributed by atoms with Crippen LogP contribution in [0.2, 0.25) is 0 Å². The topological polar surface area (TPSA) is 150 Å². The van der Waals surface area contributed by atoms with E-state index in [4.69, 9.17) is 30.5 Å². The van der Waals surface area contributed by atoms with E-state index in [1.54, 1.807) is 11.3 Å². The highest BCUT2D eigenvalue weighted by Crippen LogP contribution is 2.55. The normalized spacial score (nSPS) is 25.6. The molecule has 12 heteroatoms. The van der Waals surface area contributed by atoms with Crippen LogP contribution in [0.5, 0.6) is 0 Å². The Bertz CT molecular complexity index is 1870. The summed E-state index contributed by atoms with van der Waals surface area (Å²) in [5, 5.41) is 31.0. The van der Waals surface area contributed by atoms with Gasteiger partial charge in [0.1, 0.15) is 16.9 Å². The van der Waals surface area contributed by atoms with Crippen molar-refractivity contribution in [3.63, 3.8) is 0 Å². The van der Waals surface area contributed by atoms with Gasteiger partial charge in [-0.25, -0.2) is 14.6 Å². The molecule has 1 spiro atoms. The molecule has 8 rings (SSSR count). The zero-order valence-electron chi connectivity index (χ0n) is 25.9. The molecule has 4 atom stereocenters. The van der Waals surface area contributed by atoms with E-state index in [9.17, 15) is 10.5 Å². The quantitative estimate of drug-likeness (QED) is 0.315. The lowest BCUT2D eigenvalue weighted by atomic mass is 9.63. The van der Waals surface area contributed by atoms with Crippen LogP contribution in [0.15, 0.2) is 10.7 Å². The number of nitrogen functional groups attached to an aromatic ring is 1. The van der Waals surface area contributed by atoms with Gasteiger partial charge in [0.05, 0.1) is 40.6 Å². The summed E-state index contributed by atoms with van der Waals surface area (Å²) in [5.41, 5.74) is 10.1. The van der Waals surface area contributed by atoms with Crippen molar-refractivity contribution in [3.05, 3.63) is 33.5 Å². The summed E-state index contributed by atoms with van der Waals surface area (Å²) in [6, 6.07) is 5.40. The van der Waals surface area contributed by atoms with Gasteiger partial charge >= 0.3 is 0 Å². The first kappa shape index (κ1) is 28.5. The number of aromatic nitrogens is 5. The number of piperidine rings is 1. The lowest BCUT2D eigenvalue weighted by Crippen LogP contribution is -2.36. The molecule has 2 saturated heterocycles. The van der Waals surface area contributed by atoms with Gasteiger partial charge in [0.15, 0.2) is 22.9 Å². The third kappa shape index (κ3) is 4.29. The molecule has 232 valence electrons. The zero-order chi connectivity index (χ0) is 30.9. The van der Waals surface area contributed by atoms with E-state index >= 15 is 0 Å². The second kappa shape index (κ2) is 10.8. The number of thiophene rings is 1. The summed E-state index contributed by atoms with van der Waals surface area (Å²) in [6.45, 7) is 4.78. The molecule has 11 nitrogen and oxygen atoms in total. The highest BCUT2D eigenvalue weighted by molar-refractivity contribution is 7.16. The number of hydrogen-bond donors (Lipinski definition) is 1. The summed E-state index contributed by atoms with van der Waals surface area (Å²) >= 11 is 1.55. The molecule has 2 aliphatic heterocycles. The van der Waals surface area contributed by atoms with Crippen molar-refractivity contribution in [2.45, 2.75) is 88.6 Å². The van der Waals surface area contributed by atoms with Gasteiger partial charge in [-0.2, -0.15) is 15.6 Å². The number of likely N-dealkylation sites (tertiary alicyclic amines) is 1. The molecule has 0 radical (unpaired) electrons. The number of nitrogens with zero attached hydrogens (tertiary/aromatic N) is 9. The summed E-state index contributed by atoms with van der Waals surface area (Å²) in [6.07, 6.45) is 11.6. The molecular formula is C33H38N10OS. The second-order valence-electron chi connectivity index (χ2n) is 13.4. The van der Waals surface area contributed by atoms with Gasteiger partial charge < -0.3 is 20.1 Å². The average Bonchev–Trinajstić information content (AvgIpc) is 3.85. The number of fused-ring (bicyclic) bond motifs is 5. The Kier molecular flexibility index (Phi) is 6.84. The maximum atomic E-state index is 10.1. The molecule has 2 N–H and O–H groups in total. The van der Waals surface area contributed by atoms with E-state index < -0.39 is 5.41 Å². The molecule has 6 heterocycles. The van der Waals surface area contributed by atoms with E-state index in [0.29, 0.717) is 34.7 Å². The fraction of sp³-hybridized carbons (Fsp3) is 0.576. The number of anilines is 2. The van der Waals surface area contributed by atoms with Gasteiger partial charge in [-0.3, -0.25) is 0 Å². The van der Waals surface area contributed by atoms with Crippen molar-refractivity contribution < 1.29 is 4.52 Å². The third-order valence-electron chi connectivity index (χ3n) is 10.9.